The molecule has 1 aromatic carbocycles. The number of nitrogens with zero attached hydrogens (tertiary/aromatic N) is 1. The van der Waals surface area contributed by atoms with Crippen molar-refractivity contribution < 1.29 is 17.6 Å². The van der Waals surface area contributed by atoms with Crippen molar-refractivity contribution in [2.75, 3.05) is 25.1 Å². The summed E-state index contributed by atoms with van der Waals surface area (Å²) in [5.41, 5.74) is 1.38. The number of carbonyl (C=O) groups excluding carboxylic acids is 1. The smallest absolute Gasteiger partial charge is 0.222 e. The van der Waals surface area contributed by atoms with E-state index in [9.17, 15) is 17.6 Å². The van der Waals surface area contributed by atoms with Crippen LogP contribution in [0.2, 0.25) is 0 Å². The Labute approximate surface area is 159 Å². The topological polar surface area (TPSA) is 99.7 Å². The molecule has 2 atom stereocenters. The normalized spacial score (nSPS) is 20.1. The van der Waals surface area contributed by atoms with Crippen molar-refractivity contribution in [2.45, 2.75) is 38.8 Å². The first kappa shape index (κ1) is 21.1. The number of aliphatic imine (C=N–C) groups is 1. The molecule has 150 valence electrons. The van der Waals surface area contributed by atoms with E-state index in [1.165, 1.54) is 6.07 Å². The van der Waals surface area contributed by atoms with E-state index in [1.54, 1.807) is 20.0 Å². The second-order valence-electron chi connectivity index (χ2n) is 6.79. The zero-order chi connectivity index (χ0) is 20.0. The molecule has 2 rings (SSSR count). The molecule has 1 aliphatic rings. The van der Waals surface area contributed by atoms with E-state index in [0.29, 0.717) is 24.5 Å². The van der Waals surface area contributed by atoms with Gasteiger partial charge in [0, 0.05) is 26.1 Å². The monoisotopic (exact) mass is 398 g/mol. The van der Waals surface area contributed by atoms with Gasteiger partial charge in [-0.25, -0.2) is 12.8 Å². The first-order valence-electron chi connectivity index (χ1n) is 8.93. The summed E-state index contributed by atoms with van der Waals surface area (Å²) < 4.78 is 36.5. The molecule has 1 saturated heterocycles. The minimum Gasteiger partial charge on any atom is -0.356 e. The van der Waals surface area contributed by atoms with Crippen molar-refractivity contribution in [3.63, 3.8) is 0 Å². The fraction of sp³-hybridized carbons (Fsp3) is 0.556. The van der Waals surface area contributed by atoms with Gasteiger partial charge in [0.2, 0.25) is 5.91 Å². The largest absolute Gasteiger partial charge is 0.356 e. The van der Waals surface area contributed by atoms with Gasteiger partial charge in [0.25, 0.3) is 0 Å². The van der Waals surface area contributed by atoms with Gasteiger partial charge in [-0.05, 0) is 37.5 Å². The van der Waals surface area contributed by atoms with E-state index in [1.807, 2.05) is 13.0 Å². The number of aryl methyl sites for hydroxylation is 1. The van der Waals surface area contributed by atoms with Crippen LogP contribution in [0.4, 0.5) is 4.39 Å². The van der Waals surface area contributed by atoms with Gasteiger partial charge < -0.3 is 16.0 Å². The average Bonchev–Trinajstić information content (AvgIpc) is 2.94. The summed E-state index contributed by atoms with van der Waals surface area (Å²) in [6, 6.07) is 4.61. The van der Waals surface area contributed by atoms with Crippen LogP contribution < -0.4 is 16.0 Å². The lowest BCUT2D eigenvalue weighted by Crippen LogP contribution is -2.41. The van der Waals surface area contributed by atoms with Crippen molar-refractivity contribution in [1.82, 2.24) is 16.0 Å². The second kappa shape index (κ2) is 9.16. The number of guanidine groups is 1. The van der Waals surface area contributed by atoms with Crippen LogP contribution in [0, 0.1) is 12.7 Å². The molecule has 1 aliphatic heterocycles. The lowest BCUT2D eigenvalue weighted by molar-refractivity contribution is -0.121. The quantitative estimate of drug-likeness (QED) is 0.491. The molecule has 1 fully saturated rings. The van der Waals surface area contributed by atoms with Gasteiger partial charge in [-0.15, -0.1) is 0 Å². The van der Waals surface area contributed by atoms with Gasteiger partial charge in [-0.3, -0.25) is 9.79 Å². The maximum absolute atomic E-state index is 13.7. The Hall–Kier alpha value is -2.16. The van der Waals surface area contributed by atoms with Crippen LogP contribution in [0.15, 0.2) is 23.2 Å². The zero-order valence-corrected chi connectivity index (χ0v) is 16.7. The molecule has 27 heavy (non-hydrogen) atoms. The van der Waals surface area contributed by atoms with Gasteiger partial charge in [0.05, 0.1) is 17.5 Å². The fourth-order valence-corrected chi connectivity index (χ4v) is 4.54. The molecule has 0 spiro atoms. The highest BCUT2D eigenvalue weighted by Crippen LogP contribution is 2.16. The Balaban J connectivity index is 1.76. The number of hydrogen-bond donors (Lipinski definition) is 3. The summed E-state index contributed by atoms with van der Waals surface area (Å²) in [5.74, 6) is 0.188. The molecule has 7 nitrogen and oxygen atoms in total. The highest BCUT2D eigenvalue weighted by molar-refractivity contribution is 7.91. The molecule has 0 saturated carbocycles. The first-order valence-corrected chi connectivity index (χ1v) is 10.8. The summed E-state index contributed by atoms with van der Waals surface area (Å²) in [5, 5.41) is 8.93. The number of nitrogens with one attached hydrogen (secondary N) is 3. The van der Waals surface area contributed by atoms with Crippen molar-refractivity contribution in [1.29, 1.82) is 0 Å². The Morgan fingerprint density at radius 3 is 2.74 bits per heavy atom. The summed E-state index contributed by atoms with van der Waals surface area (Å²) in [6.45, 7) is 3.95. The molecular formula is C18H27FN4O3S. The van der Waals surface area contributed by atoms with Gasteiger partial charge in [-0.1, -0.05) is 12.1 Å². The molecule has 1 heterocycles. The van der Waals surface area contributed by atoms with Crippen LogP contribution in [0.25, 0.3) is 0 Å². The Kier molecular flexibility index (Phi) is 7.18. The summed E-state index contributed by atoms with van der Waals surface area (Å²) in [6.07, 6.45) is 0.667. The number of benzene rings is 1. The molecule has 1 aromatic rings. The SMILES string of the molecule is CN=C(NCCC(=O)NC1CCS(=O)(=O)C1)NC(C)c1ccc(C)c(F)c1. The third-order valence-corrected chi connectivity index (χ3v) is 6.28. The van der Waals surface area contributed by atoms with Crippen LogP contribution in [-0.2, 0) is 14.6 Å². The van der Waals surface area contributed by atoms with Crippen molar-refractivity contribution >= 4 is 21.7 Å². The Morgan fingerprint density at radius 2 is 2.15 bits per heavy atom. The predicted octanol–water partition coefficient (Wildman–Crippen LogP) is 1.05. The van der Waals surface area contributed by atoms with Crippen molar-refractivity contribution in [3.05, 3.63) is 35.1 Å². The van der Waals surface area contributed by atoms with Crippen LogP contribution in [0.3, 0.4) is 0 Å². The fourth-order valence-electron chi connectivity index (χ4n) is 2.86. The van der Waals surface area contributed by atoms with Crippen molar-refractivity contribution in [2.24, 2.45) is 4.99 Å². The Morgan fingerprint density at radius 1 is 1.41 bits per heavy atom. The highest BCUT2D eigenvalue weighted by atomic mass is 32.2. The van der Waals surface area contributed by atoms with E-state index in [2.05, 4.69) is 20.9 Å². The number of rotatable bonds is 6. The minimum atomic E-state index is -3.01. The molecule has 9 heteroatoms. The van der Waals surface area contributed by atoms with E-state index < -0.39 is 9.84 Å². The van der Waals surface area contributed by atoms with Crippen LogP contribution in [0.5, 0.6) is 0 Å². The number of halogens is 1. The highest BCUT2D eigenvalue weighted by Gasteiger charge is 2.28. The molecule has 0 bridgehead atoms. The van der Waals surface area contributed by atoms with Gasteiger partial charge in [0.15, 0.2) is 15.8 Å². The van der Waals surface area contributed by atoms with E-state index >= 15 is 0 Å². The molecule has 0 aliphatic carbocycles. The lowest BCUT2D eigenvalue weighted by atomic mass is 10.1. The van der Waals surface area contributed by atoms with Gasteiger partial charge in [-0.2, -0.15) is 0 Å². The number of hydrogen-bond acceptors (Lipinski definition) is 4. The summed E-state index contributed by atoms with van der Waals surface area (Å²) >= 11 is 0. The second-order valence-corrected chi connectivity index (χ2v) is 9.02. The maximum Gasteiger partial charge on any atom is 0.222 e. The van der Waals surface area contributed by atoms with Crippen LogP contribution >= 0.6 is 0 Å². The number of amides is 1. The van der Waals surface area contributed by atoms with E-state index in [4.69, 9.17) is 0 Å². The first-order chi connectivity index (χ1) is 12.7. The van der Waals surface area contributed by atoms with E-state index in [-0.39, 0.29) is 41.7 Å². The minimum absolute atomic E-state index is 0.0139. The average molecular weight is 399 g/mol. The third-order valence-electron chi connectivity index (χ3n) is 4.51. The third kappa shape index (κ3) is 6.50. The van der Waals surface area contributed by atoms with E-state index in [0.717, 1.165) is 5.56 Å². The standard InChI is InChI=1S/C18H27FN4O3S/c1-12-4-5-14(10-16(12)19)13(2)22-18(20-3)21-8-6-17(24)23-15-7-9-27(25,26)11-15/h4-5,10,13,15H,6-9,11H2,1-3H3,(H,23,24)(H2,20,21,22). The summed E-state index contributed by atoms with van der Waals surface area (Å²) in [4.78, 5) is 16.0. The summed E-state index contributed by atoms with van der Waals surface area (Å²) in [7, 11) is -1.40. The Bertz CT molecular complexity index is 811. The molecule has 0 aromatic heterocycles. The van der Waals surface area contributed by atoms with Crippen LogP contribution in [0.1, 0.15) is 36.9 Å². The zero-order valence-electron chi connectivity index (χ0n) is 15.9. The maximum atomic E-state index is 13.7. The predicted molar refractivity (Wildman–Crippen MR) is 104 cm³/mol. The lowest BCUT2D eigenvalue weighted by Gasteiger charge is -2.19. The molecule has 2 unspecified atom stereocenters. The molecule has 1 amide bonds. The molecular weight excluding hydrogens is 371 g/mol. The number of sulfone groups is 1. The van der Waals surface area contributed by atoms with Crippen LogP contribution in [-0.4, -0.2) is 51.4 Å². The molecule has 0 radical (unpaired) electrons. The van der Waals surface area contributed by atoms with Gasteiger partial charge in [0.1, 0.15) is 5.82 Å². The number of carbonyl (C=O) groups is 1. The van der Waals surface area contributed by atoms with Gasteiger partial charge >= 0.3 is 0 Å². The molecule has 3 N–H and O–H groups in total. The van der Waals surface area contributed by atoms with Crippen molar-refractivity contribution in [3.8, 4) is 0 Å².